The summed E-state index contributed by atoms with van der Waals surface area (Å²) in [4.78, 5) is 20.5. The third kappa shape index (κ3) is 1.67. The van der Waals surface area contributed by atoms with E-state index in [1.165, 1.54) is 0 Å². The van der Waals surface area contributed by atoms with E-state index in [0.29, 0.717) is 10.4 Å². The van der Waals surface area contributed by atoms with Crippen molar-refractivity contribution in [1.82, 2.24) is 15.0 Å². The Morgan fingerprint density at radius 2 is 2.21 bits per heavy atom. The van der Waals surface area contributed by atoms with Crippen molar-refractivity contribution in [3.8, 4) is 11.6 Å². The SMILES string of the molecule is Nc1nc(-c2ccc(Br)o2)[nH]c(=O)n1. The van der Waals surface area contributed by atoms with Crippen LogP contribution in [0.1, 0.15) is 0 Å². The van der Waals surface area contributed by atoms with Gasteiger partial charge in [0, 0.05) is 0 Å². The molecule has 2 aromatic heterocycles. The molecule has 72 valence electrons. The number of nitrogen functional groups attached to an aromatic ring is 1. The van der Waals surface area contributed by atoms with Crippen LogP contribution in [0.5, 0.6) is 0 Å². The van der Waals surface area contributed by atoms with Crippen LogP contribution in [0, 0.1) is 0 Å². The third-order valence-corrected chi connectivity index (χ3v) is 1.90. The van der Waals surface area contributed by atoms with E-state index in [9.17, 15) is 4.79 Å². The largest absolute Gasteiger partial charge is 0.446 e. The summed E-state index contributed by atoms with van der Waals surface area (Å²) in [5, 5.41) is 0. The fraction of sp³-hybridized carbons (Fsp3) is 0. The van der Waals surface area contributed by atoms with Gasteiger partial charge in [0.15, 0.2) is 16.3 Å². The Balaban J connectivity index is 2.56. The van der Waals surface area contributed by atoms with Gasteiger partial charge in [-0.25, -0.2) is 4.79 Å². The number of aromatic nitrogens is 3. The first-order valence-corrected chi connectivity index (χ1v) is 4.44. The summed E-state index contributed by atoms with van der Waals surface area (Å²) in [5.41, 5.74) is 4.75. The van der Waals surface area contributed by atoms with E-state index >= 15 is 0 Å². The quantitative estimate of drug-likeness (QED) is 0.786. The van der Waals surface area contributed by atoms with Gasteiger partial charge in [-0.3, -0.25) is 4.98 Å². The van der Waals surface area contributed by atoms with E-state index in [-0.39, 0.29) is 11.8 Å². The highest BCUT2D eigenvalue weighted by Gasteiger charge is 2.07. The molecule has 0 saturated carbocycles. The normalized spacial score (nSPS) is 10.4. The fourth-order valence-corrected chi connectivity index (χ4v) is 1.27. The lowest BCUT2D eigenvalue weighted by atomic mass is 10.4. The van der Waals surface area contributed by atoms with Crippen molar-refractivity contribution in [3.63, 3.8) is 0 Å². The van der Waals surface area contributed by atoms with Crippen LogP contribution in [-0.4, -0.2) is 15.0 Å². The number of anilines is 1. The maximum Gasteiger partial charge on any atom is 0.349 e. The van der Waals surface area contributed by atoms with Crippen LogP contribution in [0.15, 0.2) is 26.0 Å². The molecule has 0 aliphatic heterocycles. The summed E-state index contributed by atoms with van der Waals surface area (Å²) in [6, 6.07) is 3.34. The lowest BCUT2D eigenvalue weighted by Gasteiger charge is -1.95. The number of rotatable bonds is 1. The molecule has 0 aromatic carbocycles. The zero-order chi connectivity index (χ0) is 10.1. The van der Waals surface area contributed by atoms with E-state index in [1.807, 2.05) is 0 Å². The monoisotopic (exact) mass is 256 g/mol. The molecule has 0 aliphatic rings. The average Bonchev–Trinajstić information content (AvgIpc) is 2.50. The molecular weight excluding hydrogens is 252 g/mol. The summed E-state index contributed by atoms with van der Waals surface area (Å²) in [7, 11) is 0. The maximum absolute atomic E-state index is 11.0. The molecule has 0 spiro atoms. The lowest BCUT2D eigenvalue weighted by Crippen LogP contribution is -2.15. The van der Waals surface area contributed by atoms with Crippen molar-refractivity contribution in [2.45, 2.75) is 0 Å². The maximum atomic E-state index is 11.0. The van der Waals surface area contributed by atoms with E-state index in [1.54, 1.807) is 12.1 Å². The molecule has 2 aromatic rings. The summed E-state index contributed by atoms with van der Waals surface area (Å²) in [6.45, 7) is 0. The van der Waals surface area contributed by atoms with Crippen LogP contribution >= 0.6 is 15.9 Å². The molecule has 7 heteroatoms. The number of nitrogens with two attached hydrogens (primary N) is 1. The molecule has 0 aliphatic carbocycles. The van der Waals surface area contributed by atoms with Gasteiger partial charge in [0.05, 0.1) is 0 Å². The zero-order valence-corrected chi connectivity index (χ0v) is 8.41. The van der Waals surface area contributed by atoms with Crippen LogP contribution in [0.25, 0.3) is 11.6 Å². The van der Waals surface area contributed by atoms with E-state index < -0.39 is 5.69 Å². The minimum atomic E-state index is -0.556. The number of hydrogen-bond acceptors (Lipinski definition) is 5. The number of H-pyrrole nitrogens is 1. The second kappa shape index (κ2) is 3.26. The van der Waals surface area contributed by atoms with Crippen molar-refractivity contribution < 1.29 is 4.42 Å². The first-order chi connectivity index (χ1) is 6.65. The van der Waals surface area contributed by atoms with Gasteiger partial charge in [-0.1, -0.05) is 0 Å². The minimum Gasteiger partial charge on any atom is -0.446 e. The van der Waals surface area contributed by atoms with Crippen LogP contribution in [-0.2, 0) is 0 Å². The third-order valence-electron chi connectivity index (χ3n) is 1.47. The van der Waals surface area contributed by atoms with Gasteiger partial charge in [0.2, 0.25) is 5.95 Å². The van der Waals surface area contributed by atoms with Gasteiger partial charge in [-0.05, 0) is 28.1 Å². The van der Waals surface area contributed by atoms with Crippen LogP contribution < -0.4 is 11.4 Å². The van der Waals surface area contributed by atoms with Crippen molar-refractivity contribution >= 4 is 21.9 Å². The Kier molecular flexibility index (Phi) is 2.08. The van der Waals surface area contributed by atoms with E-state index in [0.717, 1.165) is 0 Å². The Morgan fingerprint density at radius 3 is 2.79 bits per heavy atom. The van der Waals surface area contributed by atoms with Gasteiger partial charge >= 0.3 is 5.69 Å². The van der Waals surface area contributed by atoms with E-state index in [4.69, 9.17) is 10.2 Å². The molecular formula is C7H5BrN4O2. The van der Waals surface area contributed by atoms with Crippen molar-refractivity contribution in [2.75, 3.05) is 5.73 Å². The molecule has 0 bridgehead atoms. The van der Waals surface area contributed by atoms with Crippen LogP contribution in [0.3, 0.4) is 0 Å². The smallest absolute Gasteiger partial charge is 0.349 e. The molecule has 0 fully saturated rings. The highest BCUT2D eigenvalue weighted by molar-refractivity contribution is 9.10. The van der Waals surface area contributed by atoms with Crippen molar-refractivity contribution in [3.05, 3.63) is 27.3 Å². The number of nitrogens with one attached hydrogen (secondary N) is 1. The number of halogens is 1. The topological polar surface area (TPSA) is 97.8 Å². The highest BCUT2D eigenvalue weighted by atomic mass is 79.9. The Morgan fingerprint density at radius 1 is 1.43 bits per heavy atom. The van der Waals surface area contributed by atoms with Gasteiger partial charge < -0.3 is 10.2 Å². The van der Waals surface area contributed by atoms with Gasteiger partial charge in [0.25, 0.3) is 0 Å². The molecule has 3 N–H and O–H groups in total. The summed E-state index contributed by atoms with van der Waals surface area (Å²) in [5.74, 6) is 0.590. The first kappa shape index (κ1) is 8.95. The van der Waals surface area contributed by atoms with Gasteiger partial charge in [-0.2, -0.15) is 9.97 Å². The summed E-state index contributed by atoms with van der Waals surface area (Å²) >= 11 is 3.13. The molecule has 0 saturated heterocycles. The Bertz CT molecular complexity index is 518. The average molecular weight is 257 g/mol. The molecule has 0 unspecified atom stereocenters. The molecule has 2 heterocycles. The number of furan rings is 1. The second-order valence-electron chi connectivity index (χ2n) is 2.46. The fourth-order valence-electron chi connectivity index (χ4n) is 0.959. The Hall–Kier alpha value is -1.63. The predicted molar refractivity (Wildman–Crippen MR) is 52.5 cm³/mol. The van der Waals surface area contributed by atoms with Gasteiger partial charge in [0.1, 0.15) is 0 Å². The summed E-state index contributed by atoms with van der Waals surface area (Å²) in [6.07, 6.45) is 0. The second-order valence-corrected chi connectivity index (χ2v) is 3.25. The Labute approximate surface area is 86.3 Å². The molecule has 0 atom stereocenters. The highest BCUT2D eigenvalue weighted by Crippen LogP contribution is 2.21. The molecule has 0 radical (unpaired) electrons. The predicted octanol–water partition coefficient (Wildman–Crippen LogP) is 0.770. The van der Waals surface area contributed by atoms with Crippen molar-refractivity contribution in [1.29, 1.82) is 0 Å². The van der Waals surface area contributed by atoms with Gasteiger partial charge in [-0.15, -0.1) is 0 Å². The van der Waals surface area contributed by atoms with Crippen molar-refractivity contribution in [2.24, 2.45) is 0 Å². The molecule has 2 rings (SSSR count). The number of nitrogens with zero attached hydrogens (tertiary/aromatic N) is 2. The minimum absolute atomic E-state index is 0.0868. The van der Waals surface area contributed by atoms with Crippen LogP contribution in [0.4, 0.5) is 5.95 Å². The number of aromatic amines is 1. The standard InChI is InChI=1S/C7H5BrN4O2/c8-4-2-1-3(14-4)5-10-6(9)12-7(13)11-5/h1-2H,(H3,9,10,11,12,13). The zero-order valence-electron chi connectivity index (χ0n) is 6.82. The van der Waals surface area contributed by atoms with Crippen LogP contribution in [0.2, 0.25) is 0 Å². The number of hydrogen-bond donors (Lipinski definition) is 2. The molecule has 6 nitrogen and oxygen atoms in total. The molecule has 0 amide bonds. The first-order valence-electron chi connectivity index (χ1n) is 3.65. The van der Waals surface area contributed by atoms with E-state index in [2.05, 4.69) is 30.9 Å². The molecule has 14 heavy (non-hydrogen) atoms. The summed E-state index contributed by atoms with van der Waals surface area (Å²) < 4.78 is 5.73. The lowest BCUT2D eigenvalue weighted by molar-refractivity contribution is 0.550.